The van der Waals surface area contributed by atoms with Gasteiger partial charge in [0.25, 0.3) is 5.91 Å². The van der Waals surface area contributed by atoms with Crippen molar-refractivity contribution < 1.29 is 18.0 Å². The molecular formula is C18H12ClF3N4O. The van der Waals surface area contributed by atoms with Crippen LogP contribution in [0.4, 0.5) is 13.2 Å². The number of H-pyrrole nitrogens is 1. The molecule has 4 rings (SSSR count). The van der Waals surface area contributed by atoms with E-state index in [9.17, 15) is 18.0 Å². The van der Waals surface area contributed by atoms with Crippen LogP contribution in [0.25, 0.3) is 22.8 Å². The SMILES string of the molecule is O=C1NCCc2[nH]c(-c3ccnc(-c4cc(C(F)(F)F)ccc4Cl)n3)cc21. The number of halogens is 4. The maximum Gasteiger partial charge on any atom is 0.416 e. The highest BCUT2D eigenvalue weighted by Crippen LogP contribution is 2.35. The Kier molecular flexibility index (Phi) is 4.15. The van der Waals surface area contributed by atoms with E-state index in [-0.39, 0.29) is 22.3 Å². The maximum absolute atomic E-state index is 13.0. The van der Waals surface area contributed by atoms with Gasteiger partial charge in [0, 0.05) is 30.4 Å². The summed E-state index contributed by atoms with van der Waals surface area (Å²) < 4.78 is 39.0. The second kappa shape index (κ2) is 6.38. The number of fused-ring (bicyclic) bond motifs is 1. The first-order chi connectivity index (χ1) is 12.8. The molecule has 3 aromatic rings. The molecular weight excluding hydrogens is 381 g/mol. The highest BCUT2D eigenvalue weighted by molar-refractivity contribution is 6.33. The first-order valence-electron chi connectivity index (χ1n) is 8.03. The topological polar surface area (TPSA) is 70.7 Å². The molecule has 0 unspecified atom stereocenters. The first-order valence-corrected chi connectivity index (χ1v) is 8.41. The quantitative estimate of drug-likeness (QED) is 0.690. The van der Waals surface area contributed by atoms with Crippen molar-refractivity contribution in [1.29, 1.82) is 0 Å². The van der Waals surface area contributed by atoms with Crippen molar-refractivity contribution in [3.8, 4) is 22.8 Å². The monoisotopic (exact) mass is 392 g/mol. The number of rotatable bonds is 2. The zero-order chi connectivity index (χ0) is 19.2. The number of aromatic nitrogens is 3. The third-order valence-electron chi connectivity index (χ3n) is 4.27. The Labute approximate surface area is 156 Å². The number of carbonyl (C=O) groups is 1. The molecule has 0 atom stereocenters. The van der Waals surface area contributed by atoms with Gasteiger partial charge in [0.1, 0.15) is 0 Å². The summed E-state index contributed by atoms with van der Waals surface area (Å²) in [5.41, 5.74) is 1.63. The third-order valence-corrected chi connectivity index (χ3v) is 4.60. The number of nitrogens with one attached hydrogen (secondary N) is 2. The number of aromatic amines is 1. The summed E-state index contributed by atoms with van der Waals surface area (Å²) >= 11 is 6.07. The van der Waals surface area contributed by atoms with Crippen LogP contribution in [0.5, 0.6) is 0 Å². The average molecular weight is 393 g/mol. The Hall–Kier alpha value is -2.87. The Morgan fingerprint density at radius 2 is 1.93 bits per heavy atom. The van der Waals surface area contributed by atoms with Gasteiger partial charge < -0.3 is 10.3 Å². The van der Waals surface area contributed by atoms with E-state index in [2.05, 4.69) is 20.3 Å². The van der Waals surface area contributed by atoms with Gasteiger partial charge in [-0.3, -0.25) is 4.79 Å². The summed E-state index contributed by atoms with van der Waals surface area (Å²) in [4.78, 5) is 23.5. The fourth-order valence-electron chi connectivity index (χ4n) is 2.94. The molecule has 3 heterocycles. The van der Waals surface area contributed by atoms with Crippen LogP contribution in [0, 0.1) is 0 Å². The summed E-state index contributed by atoms with van der Waals surface area (Å²) in [6.07, 6.45) is -2.39. The van der Waals surface area contributed by atoms with Crippen LogP contribution >= 0.6 is 11.6 Å². The number of amides is 1. The fraction of sp³-hybridized carbons (Fsp3) is 0.167. The Morgan fingerprint density at radius 3 is 2.67 bits per heavy atom. The Bertz CT molecular complexity index is 1050. The molecule has 1 amide bonds. The summed E-state index contributed by atoms with van der Waals surface area (Å²) in [5, 5.41) is 2.87. The van der Waals surface area contributed by atoms with Crippen LogP contribution in [0.15, 0.2) is 36.5 Å². The van der Waals surface area contributed by atoms with E-state index in [1.807, 2.05) is 0 Å². The molecule has 2 N–H and O–H groups in total. The summed E-state index contributed by atoms with van der Waals surface area (Å²) in [6, 6.07) is 6.29. The summed E-state index contributed by atoms with van der Waals surface area (Å²) in [5.74, 6) is -0.102. The predicted octanol–water partition coefficient (Wildman–Crippen LogP) is 4.10. The van der Waals surface area contributed by atoms with Crippen molar-refractivity contribution >= 4 is 17.5 Å². The van der Waals surface area contributed by atoms with Gasteiger partial charge in [0.15, 0.2) is 5.82 Å². The zero-order valence-electron chi connectivity index (χ0n) is 13.7. The van der Waals surface area contributed by atoms with Crippen LogP contribution in [-0.2, 0) is 12.6 Å². The van der Waals surface area contributed by atoms with Crippen molar-refractivity contribution in [1.82, 2.24) is 20.3 Å². The first kappa shape index (κ1) is 17.5. The molecule has 0 radical (unpaired) electrons. The average Bonchev–Trinajstić information content (AvgIpc) is 3.07. The van der Waals surface area contributed by atoms with E-state index < -0.39 is 11.7 Å². The molecule has 1 aliphatic rings. The van der Waals surface area contributed by atoms with Crippen molar-refractivity contribution in [2.45, 2.75) is 12.6 Å². The van der Waals surface area contributed by atoms with Crippen LogP contribution in [0.1, 0.15) is 21.6 Å². The minimum atomic E-state index is -4.50. The lowest BCUT2D eigenvalue weighted by Crippen LogP contribution is -2.31. The molecule has 2 aromatic heterocycles. The number of hydrogen-bond donors (Lipinski definition) is 2. The van der Waals surface area contributed by atoms with Crippen molar-refractivity contribution in [3.05, 3.63) is 58.4 Å². The van der Waals surface area contributed by atoms with E-state index in [4.69, 9.17) is 11.6 Å². The van der Waals surface area contributed by atoms with Gasteiger partial charge in [-0.1, -0.05) is 11.6 Å². The lowest BCUT2D eigenvalue weighted by atomic mass is 10.1. The van der Waals surface area contributed by atoms with Gasteiger partial charge in [-0.2, -0.15) is 13.2 Å². The zero-order valence-corrected chi connectivity index (χ0v) is 14.4. The van der Waals surface area contributed by atoms with Crippen LogP contribution in [0.2, 0.25) is 5.02 Å². The molecule has 0 aliphatic carbocycles. The van der Waals surface area contributed by atoms with Gasteiger partial charge in [-0.05, 0) is 30.3 Å². The van der Waals surface area contributed by atoms with Gasteiger partial charge in [-0.25, -0.2) is 9.97 Å². The van der Waals surface area contributed by atoms with Crippen LogP contribution < -0.4 is 5.32 Å². The molecule has 0 saturated heterocycles. The summed E-state index contributed by atoms with van der Waals surface area (Å²) in [6.45, 7) is 0.542. The molecule has 0 spiro atoms. The second-order valence-corrected chi connectivity index (χ2v) is 6.45. The Morgan fingerprint density at radius 1 is 1.11 bits per heavy atom. The lowest BCUT2D eigenvalue weighted by Gasteiger charge is -2.11. The lowest BCUT2D eigenvalue weighted by molar-refractivity contribution is -0.137. The third kappa shape index (κ3) is 3.28. The number of nitrogens with zero attached hydrogens (tertiary/aromatic N) is 2. The van der Waals surface area contributed by atoms with Crippen LogP contribution in [0.3, 0.4) is 0 Å². The smallest absolute Gasteiger partial charge is 0.356 e. The molecule has 0 saturated carbocycles. The second-order valence-electron chi connectivity index (χ2n) is 6.04. The molecule has 27 heavy (non-hydrogen) atoms. The number of carbonyl (C=O) groups excluding carboxylic acids is 1. The number of benzene rings is 1. The number of hydrogen-bond acceptors (Lipinski definition) is 3. The largest absolute Gasteiger partial charge is 0.416 e. The Balaban J connectivity index is 1.77. The van der Waals surface area contributed by atoms with Gasteiger partial charge in [0.05, 0.1) is 27.5 Å². The maximum atomic E-state index is 13.0. The van der Waals surface area contributed by atoms with Gasteiger partial charge in [0.2, 0.25) is 0 Å². The van der Waals surface area contributed by atoms with Crippen molar-refractivity contribution in [3.63, 3.8) is 0 Å². The number of alkyl halides is 3. The fourth-order valence-corrected chi connectivity index (χ4v) is 3.14. The standard InChI is InChI=1S/C18H12ClF3N4O/c19-12-2-1-9(18(20,21)22)7-10(12)16-23-5-4-14(26-16)15-8-11-13(25-15)3-6-24-17(11)27/h1-2,4-5,7-8,25H,3,6H2,(H,24,27). The van der Waals surface area contributed by atoms with Crippen molar-refractivity contribution in [2.24, 2.45) is 0 Å². The minimum Gasteiger partial charge on any atom is -0.356 e. The minimum absolute atomic E-state index is 0.0700. The highest BCUT2D eigenvalue weighted by atomic mass is 35.5. The van der Waals surface area contributed by atoms with E-state index in [0.29, 0.717) is 29.9 Å². The van der Waals surface area contributed by atoms with Crippen molar-refractivity contribution in [2.75, 3.05) is 6.54 Å². The summed E-state index contributed by atoms with van der Waals surface area (Å²) in [7, 11) is 0. The van der Waals surface area contributed by atoms with E-state index >= 15 is 0 Å². The molecule has 1 aromatic carbocycles. The molecule has 0 bridgehead atoms. The normalized spacial score (nSPS) is 14.0. The molecule has 5 nitrogen and oxygen atoms in total. The molecule has 138 valence electrons. The molecule has 0 fully saturated rings. The van der Waals surface area contributed by atoms with Crippen LogP contribution in [-0.4, -0.2) is 27.4 Å². The highest BCUT2D eigenvalue weighted by Gasteiger charge is 2.31. The predicted molar refractivity (Wildman–Crippen MR) is 93.3 cm³/mol. The molecule has 1 aliphatic heterocycles. The molecule has 9 heteroatoms. The van der Waals surface area contributed by atoms with E-state index in [1.165, 1.54) is 12.3 Å². The van der Waals surface area contributed by atoms with E-state index in [0.717, 1.165) is 17.8 Å². The van der Waals surface area contributed by atoms with Gasteiger partial charge in [-0.15, -0.1) is 0 Å². The van der Waals surface area contributed by atoms with E-state index in [1.54, 1.807) is 12.1 Å². The van der Waals surface area contributed by atoms with Gasteiger partial charge >= 0.3 is 6.18 Å².